The molecule has 6 heteroatoms. The fourth-order valence-corrected chi connectivity index (χ4v) is 2.46. The molecule has 0 bridgehead atoms. The van der Waals surface area contributed by atoms with Gasteiger partial charge in [-0.15, -0.1) is 0 Å². The van der Waals surface area contributed by atoms with Crippen molar-refractivity contribution < 1.29 is 19.1 Å². The van der Waals surface area contributed by atoms with E-state index in [-0.39, 0.29) is 18.4 Å². The minimum atomic E-state index is -0.284. The summed E-state index contributed by atoms with van der Waals surface area (Å²) < 4.78 is 10.6. The standard InChI is InChI=1S/C17H16N2O4/c1-10-4-3-5-12(16(10)22-2)17(21)18-11-6-7-14-13(8-11)19-15(20)9-23-14/h3-8H,9H2,1-2H3,(H,18,21)(H,19,20). The Morgan fingerprint density at radius 3 is 2.91 bits per heavy atom. The molecule has 2 aromatic carbocycles. The normalized spacial score (nSPS) is 12.7. The highest BCUT2D eigenvalue weighted by molar-refractivity contribution is 6.07. The van der Waals surface area contributed by atoms with Gasteiger partial charge in [-0.25, -0.2) is 0 Å². The monoisotopic (exact) mass is 312 g/mol. The van der Waals surface area contributed by atoms with Crippen molar-refractivity contribution in [2.24, 2.45) is 0 Å². The van der Waals surface area contributed by atoms with Crippen LogP contribution in [0.25, 0.3) is 0 Å². The summed E-state index contributed by atoms with van der Waals surface area (Å²) >= 11 is 0. The highest BCUT2D eigenvalue weighted by Crippen LogP contribution is 2.31. The van der Waals surface area contributed by atoms with Gasteiger partial charge in [0.25, 0.3) is 11.8 Å². The van der Waals surface area contributed by atoms with Gasteiger partial charge in [0.1, 0.15) is 11.5 Å². The van der Waals surface area contributed by atoms with Crippen LogP contribution in [0, 0.1) is 6.92 Å². The van der Waals surface area contributed by atoms with Gasteiger partial charge < -0.3 is 20.1 Å². The molecule has 0 aromatic heterocycles. The molecule has 2 amide bonds. The van der Waals surface area contributed by atoms with Gasteiger partial charge in [-0.1, -0.05) is 12.1 Å². The number of carbonyl (C=O) groups is 2. The number of amides is 2. The average Bonchev–Trinajstić information content (AvgIpc) is 2.54. The van der Waals surface area contributed by atoms with Gasteiger partial charge in [0.2, 0.25) is 0 Å². The Morgan fingerprint density at radius 1 is 1.30 bits per heavy atom. The number of hydrogen-bond donors (Lipinski definition) is 2. The highest BCUT2D eigenvalue weighted by Gasteiger charge is 2.18. The third kappa shape index (κ3) is 2.96. The number of para-hydroxylation sites is 1. The summed E-state index contributed by atoms with van der Waals surface area (Å²) in [6, 6.07) is 10.5. The predicted octanol–water partition coefficient (Wildman–Crippen LogP) is 2.59. The van der Waals surface area contributed by atoms with Crippen molar-refractivity contribution in [2.75, 3.05) is 24.4 Å². The molecular formula is C17H16N2O4. The second-order valence-electron chi connectivity index (χ2n) is 5.16. The molecule has 23 heavy (non-hydrogen) atoms. The topological polar surface area (TPSA) is 76.7 Å². The SMILES string of the molecule is COc1c(C)cccc1C(=O)Nc1ccc2c(c1)NC(=O)CO2. The minimum absolute atomic E-state index is 0.000797. The molecule has 0 saturated carbocycles. The Labute approximate surface area is 133 Å². The first-order valence-electron chi connectivity index (χ1n) is 7.10. The van der Waals surface area contributed by atoms with Crippen molar-refractivity contribution in [2.45, 2.75) is 6.92 Å². The Morgan fingerprint density at radius 2 is 2.13 bits per heavy atom. The van der Waals surface area contributed by atoms with E-state index in [0.29, 0.717) is 28.4 Å². The molecule has 1 heterocycles. The summed E-state index contributed by atoms with van der Waals surface area (Å²) in [5, 5.41) is 5.50. The van der Waals surface area contributed by atoms with Crippen LogP contribution in [0.1, 0.15) is 15.9 Å². The van der Waals surface area contributed by atoms with Crippen LogP contribution < -0.4 is 20.1 Å². The first-order valence-corrected chi connectivity index (χ1v) is 7.10. The summed E-state index contributed by atoms with van der Waals surface area (Å²) in [7, 11) is 1.53. The summed E-state index contributed by atoms with van der Waals surface area (Å²) in [6.45, 7) is 1.88. The van der Waals surface area contributed by atoms with Gasteiger partial charge in [0, 0.05) is 5.69 Å². The van der Waals surface area contributed by atoms with Crippen molar-refractivity contribution in [1.29, 1.82) is 0 Å². The summed E-state index contributed by atoms with van der Waals surface area (Å²) in [6.07, 6.45) is 0. The average molecular weight is 312 g/mol. The van der Waals surface area contributed by atoms with Crippen LogP contribution in [0.5, 0.6) is 11.5 Å². The zero-order chi connectivity index (χ0) is 16.4. The van der Waals surface area contributed by atoms with Gasteiger partial charge in [0.05, 0.1) is 18.4 Å². The molecule has 0 saturated heterocycles. The lowest BCUT2D eigenvalue weighted by Gasteiger charge is -2.19. The lowest BCUT2D eigenvalue weighted by atomic mass is 10.1. The van der Waals surface area contributed by atoms with Crippen molar-refractivity contribution in [3.05, 3.63) is 47.5 Å². The quantitative estimate of drug-likeness (QED) is 0.913. The van der Waals surface area contributed by atoms with Crippen LogP contribution in [0.2, 0.25) is 0 Å². The summed E-state index contributed by atoms with van der Waals surface area (Å²) in [4.78, 5) is 23.8. The van der Waals surface area contributed by atoms with Crippen LogP contribution in [-0.4, -0.2) is 25.5 Å². The Kier molecular flexibility index (Phi) is 3.89. The molecule has 0 radical (unpaired) electrons. The van der Waals surface area contributed by atoms with Gasteiger partial charge in [0.15, 0.2) is 6.61 Å². The van der Waals surface area contributed by atoms with Crippen LogP contribution >= 0.6 is 0 Å². The second kappa shape index (κ2) is 6.00. The molecule has 2 N–H and O–H groups in total. The largest absolute Gasteiger partial charge is 0.496 e. The zero-order valence-electron chi connectivity index (χ0n) is 12.8. The molecule has 1 aliphatic heterocycles. The lowest BCUT2D eigenvalue weighted by molar-refractivity contribution is -0.118. The number of methoxy groups -OCH3 is 1. The fraction of sp³-hybridized carbons (Fsp3) is 0.176. The highest BCUT2D eigenvalue weighted by atomic mass is 16.5. The Hall–Kier alpha value is -3.02. The molecule has 1 aliphatic rings. The molecule has 2 aromatic rings. The number of carbonyl (C=O) groups excluding carboxylic acids is 2. The minimum Gasteiger partial charge on any atom is -0.496 e. The van der Waals surface area contributed by atoms with Gasteiger partial charge in [-0.05, 0) is 36.8 Å². The number of benzene rings is 2. The van der Waals surface area contributed by atoms with E-state index < -0.39 is 0 Å². The number of nitrogens with one attached hydrogen (secondary N) is 2. The summed E-state index contributed by atoms with van der Waals surface area (Å²) in [5.74, 6) is 0.616. The first-order chi connectivity index (χ1) is 11.1. The van der Waals surface area contributed by atoms with E-state index in [4.69, 9.17) is 9.47 Å². The molecule has 0 unspecified atom stereocenters. The van der Waals surface area contributed by atoms with Crippen molar-refractivity contribution in [3.8, 4) is 11.5 Å². The fourth-order valence-electron chi connectivity index (χ4n) is 2.46. The van der Waals surface area contributed by atoms with Crippen LogP contribution in [-0.2, 0) is 4.79 Å². The van der Waals surface area contributed by atoms with Crippen molar-refractivity contribution in [3.63, 3.8) is 0 Å². The molecular weight excluding hydrogens is 296 g/mol. The molecule has 0 fully saturated rings. The van der Waals surface area contributed by atoms with Gasteiger partial charge in [-0.2, -0.15) is 0 Å². The van der Waals surface area contributed by atoms with E-state index in [1.165, 1.54) is 7.11 Å². The Bertz CT molecular complexity index is 786. The van der Waals surface area contributed by atoms with Crippen LogP contribution in [0.15, 0.2) is 36.4 Å². The molecule has 118 valence electrons. The molecule has 0 atom stereocenters. The third-order valence-corrected chi connectivity index (χ3v) is 3.53. The molecule has 0 spiro atoms. The lowest BCUT2D eigenvalue weighted by Crippen LogP contribution is -2.25. The number of hydrogen-bond acceptors (Lipinski definition) is 4. The van der Waals surface area contributed by atoms with E-state index in [1.54, 1.807) is 30.3 Å². The molecule has 6 nitrogen and oxygen atoms in total. The van der Waals surface area contributed by atoms with Gasteiger partial charge in [-0.3, -0.25) is 9.59 Å². The number of rotatable bonds is 3. The van der Waals surface area contributed by atoms with Crippen LogP contribution in [0.4, 0.5) is 11.4 Å². The maximum absolute atomic E-state index is 12.5. The maximum Gasteiger partial charge on any atom is 0.262 e. The third-order valence-electron chi connectivity index (χ3n) is 3.53. The Balaban J connectivity index is 1.85. The van der Waals surface area contributed by atoms with E-state index in [2.05, 4.69) is 10.6 Å². The van der Waals surface area contributed by atoms with E-state index in [0.717, 1.165) is 5.56 Å². The molecule has 0 aliphatic carbocycles. The predicted molar refractivity (Wildman–Crippen MR) is 86.3 cm³/mol. The van der Waals surface area contributed by atoms with Crippen molar-refractivity contribution >= 4 is 23.2 Å². The van der Waals surface area contributed by atoms with E-state index in [1.807, 2.05) is 13.0 Å². The number of ether oxygens (including phenoxy) is 2. The maximum atomic E-state index is 12.5. The number of fused-ring (bicyclic) bond motifs is 1. The van der Waals surface area contributed by atoms with Gasteiger partial charge >= 0.3 is 0 Å². The van der Waals surface area contributed by atoms with E-state index >= 15 is 0 Å². The smallest absolute Gasteiger partial charge is 0.262 e. The second-order valence-corrected chi connectivity index (χ2v) is 5.16. The number of anilines is 2. The first kappa shape index (κ1) is 14.9. The zero-order valence-corrected chi connectivity index (χ0v) is 12.8. The van der Waals surface area contributed by atoms with E-state index in [9.17, 15) is 9.59 Å². The molecule has 3 rings (SSSR count). The van der Waals surface area contributed by atoms with Crippen molar-refractivity contribution in [1.82, 2.24) is 0 Å². The number of aryl methyl sites for hydroxylation is 1. The van der Waals surface area contributed by atoms with Crippen LogP contribution in [0.3, 0.4) is 0 Å². The summed E-state index contributed by atoms with van der Waals surface area (Å²) in [5.41, 5.74) is 2.43.